The van der Waals surface area contributed by atoms with Gasteiger partial charge >= 0.3 is 12.4 Å². The van der Waals surface area contributed by atoms with Crippen molar-refractivity contribution in [3.05, 3.63) is 68.7 Å². The molecule has 0 unspecified atom stereocenters. The molecule has 2 aliphatic rings. The quantitative estimate of drug-likeness (QED) is 0.220. The number of aryl methyl sites for hydroxylation is 3. The van der Waals surface area contributed by atoms with E-state index in [1.54, 1.807) is 11.8 Å². The monoisotopic (exact) mass is 632 g/mol. The Morgan fingerprint density at radius 3 is 1.98 bits per heavy atom. The molecule has 5 rings (SSSR count). The summed E-state index contributed by atoms with van der Waals surface area (Å²) in [6.45, 7) is 5.75. The summed E-state index contributed by atoms with van der Waals surface area (Å²) in [5.74, 6) is 0.615. The Morgan fingerprint density at radius 1 is 0.810 bits per heavy atom. The van der Waals surface area contributed by atoms with Crippen LogP contribution in [0.1, 0.15) is 77.4 Å². The average Bonchev–Trinajstić information content (AvgIpc) is 3.67. The fourth-order valence-corrected chi connectivity index (χ4v) is 6.81. The van der Waals surface area contributed by atoms with Gasteiger partial charge in [0, 0.05) is 31.9 Å². The van der Waals surface area contributed by atoms with Gasteiger partial charge < -0.3 is 9.80 Å². The number of halogens is 7. The third-order valence-electron chi connectivity index (χ3n) is 8.14. The molecule has 0 aliphatic heterocycles. The number of hydrogen-bond acceptors (Lipinski definition) is 5. The van der Waals surface area contributed by atoms with E-state index < -0.39 is 23.5 Å². The Balaban J connectivity index is 0.00000405. The summed E-state index contributed by atoms with van der Waals surface area (Å²) >= 11 is 1.27. The second kappa shape index (κ2) is 13.0. The van der Waals surface area contributed by atoms with Gasteiger partial charge in [0.2, 0.25) is 5.13 Å². The molecule has 1 saturated carbocycles. The number of anilines is 2. The topological polar surface area (TPSA) is 32.3 Å². The molecule has 4 nitrogen and oxygen atoms in total. The lowest BCUT2D eigenvalue weighted by molar-refractivity contribution is -0.143. The smallest absolute Gasteiger partial charge is 0.371 e. The Kier molecular flexibility index (Phi) is 10.0. The number of fused-ring (bicyclic) bond motifs is 1. The normalized spacial score (nSPS) is 15.5. The molecule has 2 aromatic carbocycles. The molecule has 1 heterocycles. The van der Waals surface area contributed by atoms with Crippen molar-refractivity contribution in [1.82, 2.24) is 10.2 Å². The molecule has 12 heteroatoms. The molecule has 230 valence electrons. The van der Waals surface area contributed by atoms with Gasteiger partial charge in [0.05, 0.1) is 11.1 Å². The van der Waals surface area contributed by atoms with Crippen molar-refractivity contribution in [2.75, 3.05) is 22.9 Å². The van der Waals surface area contributed by atoms with Crippen molar-refractivity contribution in [2.45, 2.75) is 84.2 Å². The standard InChI is InChI=1S/C30H34F6N4S.ClH/c1-3-39(16-20-7-4-5-8-20)27-14-23-10-6-9-22(23)13-24(27)18-40(28-38-37-19(2)41-28)17-21-11-25(29(31,32)33)15-26(12-21)30(34,35)36;/h11-15,20H,3-10,16-18H2,1-2H3;1H. The van der Waals surface area contributed by atoms with E-state index in [4.69, 9.17) is 0 Å². The van der Waals surface area contributed by atoms with Crippen LogP contribution in [0.2, 0.25) is 0 Å². The molecule has 1 fully saturated rings. The van der Waals surface area contributed by atoms with Gasteiger partial charge in [0.15, 0.2) is 0 Å². The highest BCUT2D eigenvalue weighted by molar-refractivity contribution is 7.15. The minimum Gasteiger partial charge on any atom is -0.371 e. The summed E-state index contributed by atoms with van der Waals surface area (Å²) in [4.78, 5) is 4.14. The minimum absolute atomic E-state index is 0. The van der Waals surface area contributed by atoms with Gasteiger partial charge in [0.25, 0.3) is 0 Å². The Bertz CT molecular complexity index is 1330. The fraction of sp³-hybridized carbons (Fsp3) is 0.533. The van der Waals surface area contributed by atoms with Crippen LogP contribution in [0.25, 0.3) is 0 Å². The Morgan fingerprint density at radius 2 is 1.43 bits per heavy atom. The predicted octanol–water partition coefficient (Wildman–Crippen LogP) is 9.02. The molecule has 0 bridgehead atoms. The van der Waals surface area contributed by atoms with Gasteiger partial charge in [-0.3, -0.25) is 0 Å². The molecule has 0 amide bonds. The average molecular weight is 633 g/mol. The van der Waals surface area contributed by atoms with Gasteiger partial charge in [-0.15, -0.1) is 22.6 Å². The van der Waals surface area contributed by atoms with E-state index in [1.807, 2.05) is 0 Å². The molecule has 0 N–H and O–H groups in total. The van der Waals surface area contributed by atoms with E-state index in [0.29, 0.717) is 16.1 Å². The van der Waals surface area contributed by atoms with E-state index in [2.05, 4.69) is 34.2 Å². The fourth-order valence-electron chi connectivity index (χ4n) is 6.13. The van der Waals surface area contributed by atoms with Gasteiger partial charge in [-0.05, 0) is 98.4 Å². The highest BCUT2D eigenvalue weighted by Crippen LogP contribution is 2.38. The number of nitrogens with zero attached hydrogens (tertiary/aromatic N) is 4. The van der Waals surface area contributed by atoms with Crippen LogP contribution in [0, 0.1) is 12.8 Å². The number of aromatic nitrogens is 2. The summed E-state index contributed by atoms with van der Waals surface area (Å²) in [5.41, 5.74) is 1.95. The zero-order valence-corrected chi connectivity index (χ0v) is 25.2. The zero-order chi connectivity index (χ0) is 29.4. The van der Waals surface area contributed by atoms with Gasteiger partial charge in [0.1, 0.15) is 5.01 Å². The first-order chi connectivity index (χ1) is 19.4. The molecule has 0 radical (unpaired) electrons. The number of benzene rings is 2. The number of hydrogen-bond donors (Lipinski definition) is 0. The second-order valence-corrected chi connectivity index (χ2v) is 12.3. The molecule has 1 aromatic heterocycles. The maximum absolute atomic E-state index is 13.6. The first-order valence-electron chi connectivity index (χ1n) is 14.1. The second-order valence-electron chi connectivity index (χ2n) is 11.2. The van der Waals surface area contributed by atoms with Crippen molar-refractivity contribution in [2.24, 2.45) is 5.92 Å². The summed E-state index contributed by atoms with van der Waals surface area (Å²) in [5, 5.41) is 9.45. The lowest BCUT2D eigenvalue weighted by Crippen LogP contribution is -2.31. The van der Waals surface area contributed by atoms with Crippen LogP contribution >= 0.6 is 23.7 Å². The third-order valence-corrected chi connectivity index (χ3v) is 9.04. The first kappa shape index (κ1) is 32.4. The highest BCUT2D eigenvalue weighted by Gasteiger charge is 2.37. The molecular weight excluding hydrogens is 598 g/mol. The minimum atomic E-state index is -4.91. The highest BCUT2D eigenvalue weighted by atomic mass is 35.5. The lowest BCUT2D eigenvalue weighted by atomic mass is 10.0. The Hall–Kier alpha value is -2.53. The molecule has 0 saturated heterocycles. The van der Waals surface area contributed by atoms with Crippen LogP contribution in [-0.2, 0) is 38.3 Å². The summed E-state index contributed by atoms with van der Waals surface area (Å²) in [6, 6.07) is 6.22. The summed E-state index contributed by atoms with van der Waals surface area (Å²) in [7, 11) is 0. The van der Waals surface area contributed by atoms with Crippen LogP contribution in [0.15, 0.2) is 30.3 Å². The molecular formula is C30H35ClF6N4S. The van der Waals surface area contributed by atoms with Crippen LogP contribution in [-0.4, -0.2) is 23.3 Å². The van der Waals surface area contributed by atoms with Crippen molar-refractivity contribution >= 4 is 34.6 Å². The SMILES string of the molecule is CCN(CC1CCCC1)c1cc2c(cc1CN(Cc1cc(C(F)(F)F)cc(C(F)(F)F)c1)c1nnc(C)s1)CCC2.Cl. The predicted molar refractivity (Wildman–Crippen MR) is 157 cm³/mol. The third kappa shape index (κ3) is 7.51. The van der Waals surface area contributed by atoms with Crippen LogP contribution in [0.4, 0.5) is 37.2 Å². The summed E-state index contributed by atoms with van der Waals surface area (Å²) in [6.07, 6.45) is -1.92. The lowest BCUT2D eigenvalue weighted by Gasteiger charge is -2.31. The summed E-state index contributed by atoms with van der Waals surface area (Å²) < 4.78 is 81.7. The van der Waals surface area contributed by atoms with E-state index in [0.717, 1.165) is 55.7 Å². The first-order valence-corrected chi connectivity index (χ1v) is 15.0. The van der Waals surface area contributed by atoms with Crippen LogP contribution in [0.5, 0.6) is 0 Å². The van der Waals surface area contributed by atoms with E-state index in [-0.39, 0.29) is 37.1 Å². The largest absolute Gasteiger partial charge is 0.416 e. The van der Waals surface area contributed by atoms with Crippen molar-refractivity contribution in [3.63, 3.8) is 0 Å². The molecule has 2 aliphatic carbocycles. The number of alkyl halides is 6. The maximum Gasteiger partial charge on any atom is 0.416 e. The van der Waals surface area contributed by atoms with Gasteiger partial charge in [-0.2, -0.15) is 26.3 Å². The zero-order valence-electron chi connectivity index (χ0n) is 23.6. The van der Waals surface area contributed by atoms with E-state index in [9.17, 15) is 26.3 Å². The van der Waals surface area contributed by atoms with E-state index >= 15 is 0 Å². The van der Waals surface area contributed by atoms with Crippen molar-refractivity contribution < 1.29 is 26.3 Å². The maximum atomic E-state index is 13.6. The number of rotatable bonds is 9. The molecule has 3 aromatic rings. The van der Waals surface area contributed by atoms with Crippen LogP contribution in [0.3, 0.4) is 0 Å². The van der Waals surface area contributed by atoms with Gasteiger partial charge in [-0.1, -0.05) is 30.2 Å². The van der Waals surface area contributed by atoms with Crippen molar-refractivity contribution in [1.29, 1.82) is 0 Å². The van der Waals surface area contributed by atoms with Gasteiger partial charge in [-0.25, -0.2) is 0 Å². The van der Waals surface area contributed by atoms with E-state index in [1.165, 1.54) is 48.1 Å². The van der Waals surface area contributed by atoms with Crippen LogP contribution < -0.4 is 9.80 Å². The van der Waals surface area contributed by atoms with Crippen molar-refractivity contribution in [3.8, 4) is 0 Å². The molecule has 42 heavy (non-hydrogen) atoms. The molecule has 0 atom stereocenters. The Labute approximate surface area is 252 Å². The molecule has 0 spiro atoms.